The third-order valence-electron chi connectivity index (χ3n) is 1.30. The van der Waals surface area contributed by atoms with Gasteiger partial charge in [-0.2, -0.15) is 0 Å². The third kappa shape index (κ3) is 1.71. The summed E-state index contributed by atoms with van der Waals surface area (Å²) in [5.41, 5.74) is 1.94. The number of halogens is 1. The van der Waals surface area contributed by atoms with E-state index in [1.54, 1.807) is 0 Å². The molecule has 1 heteroatoms. The van der Waals surface area contributed by atoms with Gasteiger partial charge in [0, 0.05) is 4.47 Å². The van der Waals surface area contributed by atoms with E-state index in [2.05, 4.69) is 15.9 Å². The zero-order valence-electron chi connectivity index (χ0n) is 5.76. The van der Waals surface area contributed by atoms with Crippen LogP contribution in [0.3, 0.4) is 0 Å². The van der Waals surface area contributed by atoms with Gasteiger partial charge in [0.15, 0.2) is 0 Å². The summed E-state index contributed by atoms with van der Waals surface area (Å²) in [5.74, 6) is 0. The minimum absolute atomic E-state index is 0.854. The van der Waals surface area contributed by atoms with Crippen molar-refractivity contribution in [2.24, 2.45) is 0 Å². The predicted octanol–water partition coefficient (Wildman–Crippen LogP) is 3.29. The van der Waals surface area contributed by atoms with E-state index in [1.807, 2.05) is 31.2 Å². The van der Waals surface area contributed by atoms with E-state index in [9.17, 15) is 0 Å². The smallest absolute Gasteiger partial charge is 0.0175 e. The maximum absolute atomic E-state index is 5.57. The van der Waals surface area contributed by atoms with Crippen LogP contribution < -0.4 is 0 Å². The number of allylic oxidation sites excluding steroid dienone is 1. The third-order valence-corrected chi connectivity index (χ3v) is 1.83. The average Bonchev–Trinajstić information content (AvgIpc) is 1.88. The van der Waals surface area contributed by atoms with Crippen LogP contribution in [0.2, 0.25) is 0 Å². The maximum atomic E-state index is 5.57. The Bertz CT molecular complexity index is 233. The quantitative estimate of drug-likeness (QED) is 0.646. The van der Waals surface area contributed by atoms with E-state index in [-0.39, 0.29) is 0 Å². The molecule has 0 heterocycles. The van der Waals surface area contributed by atoms with Crippen LogP contribution in [0.5, 0.6) is 0 Å². The fraction of sp³-hybridized carbons (Fsp3) is 0.111. The van der Waals surface area contributed by atoms with Crippen molar-refractivity contribution in [1.29, 1.82) is 0 Å². The van der Waals surface area contributed by atoms with E-state index in [4.69, 9.17) is 6.58 Å². The Hall–Kier alpha value is -0.560. The molecule has 0 unspecified atom stereocenters. The molecule has 0 aliphatic carbocycles. The summed E-state index contributed by atoms with van der Waals surface area (Å²) in [7, 11) is 0. The topological polar surface area (TPSA) is 0 Å². The fourth-order valence-electron chi connectivity index (χ4n) is 0.713. The van der Waals surface area contributed by atoms with Gasteiger partial charge in [-0.3, -0.25) is 0 Å². The molecule has 0 bridgehead atoms. The van der Waals surface area contributed by atoms with Gasteiger partial charge in [0.25, 0.3) is 0 Å². The minimum Gasteiger partial charge on any atom is -0.0584 e. The van der Waals surface area contributed by atoms with E-state index in [0.717, 1.165) is 15.6 Å². The van der Waals surface area contributed by atoms with Crippen LogP contribution in [0, 0.1) is 6.58 Å². The van der Waals surface area contributed by atoms with Crippen molar-refractivity contribution in [3.8, 4) is 0 Å². The predicted molar refractivity (Wildman–Crippen MR) is 47.5 cm³/mol. The lowest BCUT2D eigenvalue weighted by molar-refractivity contribution is 1.55. The Morgan fingerprint density at radius 3 is 2.20 bits per heavy atom. The van der Waals surface area contributed by atoms with Gasteiger partial charge in [0.1, 0.15) is 0 Å². The molecule has 0 spiro atoms. The highest BCUT2D eigenvalue weighted by atomic mass is 79.9. The summed E-state index contributed by atoms with van der Waals surface area (Å²) >= 11 is 3.34. The summed E-state index contributed by atoms with van der Waals surface area (Å²) in [6.07, 6.45) is 0. The summed E-state index contributed by atoms with van der Waals surface area (Å²) in [6, 6.07) is 7.93. The van der Waals surface area contributed by atoms with Crippen LogP contribution in [0.1, 0.15) is 12.5 Å². The molecule has 0 nitrogen and oxygen atoms in total. The zero-order chi connectivity index (χ0) is 7.56. The highest BCUT2D eigenvalue weighted by molar-refractivity contribution is 9.10. The molecule has 0 aliphatic rings. The number of rotatable bonds is 1. The van der Waals surface area contributed by atoms with Crippen molar-refractivity contribution in [3.05, 3.63) is 40.9 Å². The zero-order valence-corrected chi connectivity index (χ0v) is 7.35. The Labute approximate surface area is 69.7 Å². The molecule has 0 fully saturated rings. The van der Waals surface area contributed by atoms with Crippen LogP contribution >= 0.6 is 15.9 Å². The Balaban J connectivity index is 3.00. The lowest BCUT2D eigenvalue weighted by atomic mass is 10.1. The van der Waals surface area contributed by atoms with Gasteiger partial charge in [-0.05, 0) is 30.2 Å². The van der Waals surface area contributed by atoms with Crippen molar-refractivity contribution >= 4 is 21.5 Å². The molecule has 0 N–H and O–H groups in total. The maximum Gasteiger partial charge on any atom is 0.0175 e. The van der Waals surface area contributed by atoms with Gasteiger partial charge in [0.2, 0.25) is 0 Å². The van der Waals surface area contributed by atoms with Crippen molar-refractivity contribution in [3.63, 3.8) is 0 Å². The average molecular weight is 196 g/mol. The van der Waals surface area contributed by atoms with Gasteiger partial charge < -0.3 is 0 Å². The van der Waals surface area contributed by atoms with Crippen LogP contribution in [-0.2, 0) is 0 Å². The van der Waals surface area contributed by atoms with Crippen LogP contribution in [0.25, 0.3) is 5.57 Å². The highest BCUT2D eigenvalue weighted by Crippen LogP contribution is 2.15. The molecule has 0 aromatic heterocycles. The largest absolute Gasteiger partial charge is 0.0584 e. The SMILES string of the molecule is [CH]=C(C)c1ccc(Br)cc1. The van der Waals surface area contributed by atoms with Crippen molar-refractivity contribution in [2.75, 3.05) is 0 Å². The van der Waals surface area contributed by atoms with E-state index in [1.165, 1.54) is 0 Å². The molecule has 10 heavy (non-hydrogen) atoms. The van der Waals surface area contributed by atoms with E-state index < -0.39 is 0 Å². The second-order valence-electron chi connectivity index (χ2n) is 2.19. The molecule has 0 amide bonds. The molecule has 1 radical (unpaired) electrons. The molecule has 1 aromatic carbocycles. The summed E-state index contributed by atoms with van der Waals surface area (Å²) < 4.78 is 1.08. The summed E-state index contributed by atoms with van der Waals surface area (Å²) in [5, 5.41) is 0. The first-order valence-corrected chi connectivity index (χ1v) is 3.84. The number of benzene rings is 1. The second-order valence-corrected chi connectivity index (χ2v) is 3.11. The van der Waals surface area contributed by atoms with Gasteiger partial charge >= 0.3 is 0 Å². The van der Waals surface area contributed by atoms with Gasteiger partial charge in [0.05, 0.1) is 0 Å². The molecule has 0 aliphatic heterocycles. The molecular weight excluding hydrogens is 188 g/mol. The van der Waals surface area contributed by atoms with Gasteiger partial charge in [-0.25, -0.2) is 0 Å². The molecule has 1 rings (SSSR count). The van der Waals surface area contributed by atoms with Crippen LogP contribution in [-0.4, -0.2) is 0 Å². The first-order valence-electron chi connectivity index (χ1n) is 3.05. The molecule has 0 saturated carbocycles. The Morgan fingerprint density at radius 1 is 1.30 bits per heavy atom. The van der Waals surface area contributed by atoms with Crippen LogP contribution in [0.4, 0.5) is 0 Å². The van der Waals surface area contributed by atoms with Crippen molar-refractivity contribution in [1.82, 2.24) is 0 Å². The van der Waals surface area contributed by atoms with Gasteiger partial charge in [-0.15, -0.1) is 0 Å². The lowest BCUT2D eigenvalue weighted by Crippen LogP contribution is -1.74. The van der Waals surface area contributed by atoms with Gasteiger partial charge in [-0.1, -0.05) is 34.6 Å². The number of hydrogen-bond donors (Lipinski definition) is 0. The van der Waals surface area contributed by atoms with Crippen molar-refractivity contribution in [2.45, 2.75) is 6.92 Å². The van der Waals surface area contributed by atoms with E-state index >= 15 is 0 Å². The highest BCUT2D eigenvalue weighted by Gasteiger charge is 1.90. The monoisotopic (exact) mass is 195 g/mol. The van der Waals surface area contributed by atoms with Crippen molar-refractivity contribution < 1.29 is 0 Å². The summed E-state index contributed by atoms with van der Waals surface area (Å²) in [6.45, 7) is 7.46. The molecule has 0 saturated heterocycles. The first-order chi connectivity index (χ1) is 4.70. The Kier molecular flexibility index (Phi) is 2.28. The number of hydrogen-bond acceptors (Lipinski definition) is 0. The summed E-state index contributed by atoms with van der Waals surface area (Å²) in [4.78, 5) is 0. The fourth-order valence-corrected chi connectivity index (χ4v) is 0.977. The van der Waals surface area contributed by atoms with E-state index in [0.29, 0.717) is 0 Å². The molecule has 0 atom stereocenters. The lowest BCUT2D eigenvalue weighted by Gasteiger charge is -1.96. The second kappa shape index (κ2) is 3.02. The molecule has 51 valence electrons. The Morgan fingerprint density at radius 2 is 1.80 bits per heavy atom. The van der Waals surface area contributed by atoms with Crippen LogP contribution in [0.15, 0.2) is 28.7 Å². The standard InChI is InChI=1S/C9H8Br/c1-7(2)8-3-5-9(10)6-4-8/h1,3-6H,2H3. The molecular formula is C9H8Br. The first kappa shape index (κ1) is 7.55. The normalized spacial score (nSPS) is 9.40. The molecule has 1 aromatic rings. The minimum atomic E-state index is 0.854.